The molecule has 6 rings (SSSR count). The third-order valence-electron chi connectivity index (χ3n) is 10.9. The molecular weight excluding hydrogens is 1060 g/mol. The SMILES string of the molecule is COCC1(C)NC(=O)C(c2c(C)ccc(-c3ccc(Cl)cc3)c2C)=C1O.COCC1(C)NC(=O)C(c2c(C)ccc(-c3ccc(Cl)cc3)c2C)=C1OP(C)(=S)OCC(F)F.CP(=S)(Cl)OCC(F)(F)F. The van der Waals surface area contributed by atoms with Crippen LogP contribution in [0.15, 0.2) is 84.3 Å². The number of hydrogen-bond donors (Lipinski definition) is 3. The van der Waals surface area contributed by atoms with Gasteiger partial charge in [0, 0.05) is 37.6 Å². The molecule has 2 aliphatic rings. The van der Waals surface area contributed by atoms with Crippen LogP contribution in [0.5, 0.6) is 0 Å². The number of halogens is 8. The van der Waals surface area contributed by atoms with Crippen molar-refractivity contribution in [1.29, 1.82) is 0 Å². The minimum absolute atomic E-state index is 0.0174. The number of alkyl halides is 5. The predicted molar refractivity (Wildman–Crippen MR) is 277 cm³/mol. The smallest absolute Gasteiger partial charge is 0.412 e. The number of nitrogens with one attached hydrogen (secondary N) is 2. The summed E-state index contributed by atoms with van der Waals surface area (Å²) < 4.78 is 85.7. The Hall–Kier alpha value is -3.44. The van der Waals surface area contributed by atoms with Crippen LogP contribution in [-0.4, -0.2) is 94.6 Å². The van der Waals surface area contributed by atoms with E-state index in [4.69, 9.17) is 64.8 Å². The molecule has 70 heavy (non-hydrogen) atoms. The van der Waals surface area contributed by atoms with Crippen molar-refractivity contribution < 1.29 is 59.7 Å². The van der Waals surface area contributed by atoms with E-state index in [1.54, 1.807) is 33.1 Å². The van der Waals surface area contributed by atoms with Crippen molar-refractivity contribution in [3.63, 3.8) is 0 Å². The van der Waals surface area contributed by atoms with E-state index in [0.29, 0.717) is 26.8 Å². The summed E-state index contributed by atoms with van der Waals surface area (Å²) in [4.78, 5) is 26.0. The Bertz CT molecular complexity index is 2740. The van der Waals surface area contributed by atoms with Crippen molar-refractivity contribution in [3.8, 4) is 22.3 Å². The van der Waals surface area contributed by atoms with Crippen molar-refractivity contribution in [2.75, 3.05) is 54.0 Å². The maximum Gasteiger partial charge on any atom is 0.412 e. The highest BCUT2D eigenvalue weighted by Crippen LogP contribution is 2.53. The van der Waals surface area contributed by atoms with Gasteiger partial charge in [0.15, 0.2) is 0 Å². The molecule has 2 aliphatic heterocycles. The van der Waals surface area contributed by atoms with Crippen LogP contribution < -0.4 is 10.6 Å². The van der Waals surface area contributed by atoms with Gasteiger partial charge in [-0.05, 0) is 133 Å². The van der Waals surface area contributed by atoms with Crippen LogP contribution in [0.1, 0.15) is 47.2 Å². The molecule has 22 heteroatoms. The number of hydrogen-bond acceptors (Lipinski definition) is 10. The van der Waals surface area contributed by atoms with Gasteiger partial charge >= 0.3 is 6.18 Å². The second-order valence-corrected chi connectivity index (χ2v) is 28.1. The third kappa shape index (κ3) is 15.3. The fourth-order valence-corrected chi connectivity index (χ4v) is 10.2. The molecule has 382 valence electrons. The van der Waals surface area contributed by atoms with E-state index in [2.05, 4.69) is 27.0 Å². The average molecular weight is 1110 g/mol. The standard InChI is InChI=1S/C24H27ClF2NO4PS.C21H22ClNO3.C3H5ClF3OPS/c1-14-6-11-18(16-7-9-17(25)10-8-16)15(2)20(14)21-22(24(3,13-30-4)28-23(21)29)32-33(5,34)31-12-19(26)27;1-12-5-10-16(14-6-8-15(22)9-7-14)13(2)17(12)18-19(24)21(3,11-26-4)23-20(18)25;1-9(4,10)8-2-3(5,6)7/h6-11,19H,12-13H2,1-5H3,(H,28,29);5-10,24H,11H2,1-4H3,(H,23,25);2H2,1H3. The first kappa shape index (κ1) is 59.1. The summed E-state index contributed by atoms with van der Waals surface area (Å²) in [5.41, 5.74) is 4.83. The molecule has 4 aromatic rings. The van der Waals surface area contributed by atoms with E-state index >= 15 is 0 Å². The lowest BCUT2D eigenvalue weighted by atomic mass is 9.88. The first-order valence-electron chi connectivity index (χ1n) is 21.1. The number of carbonyl (C=O) groups excluding carboxylic acids is 2. The fraction of sp³-hybridized carbons (Fsp3) is 0.375. The van der Waals surface area contributed by atoms with Gasteiger partial charge in [-0.15, -0.1) is 0 Å². The van der Waals surface area contributed by atoms with Crippen molar-refractivity contribution in [2.45, 2.75) is 65.2 Å². The van der Waals surface area contributed by atoms with Gasteiger partial charge in [-0.2, -0.15) is 13.2 Å². The molecule has 0 aliphatic carbocycles. The molecule has 0 saturated heterocycles. The van der Waals surface area contributed by atoms with Crippen LogP contribution in [0.4, 0.5) is 22.0 Å². The highest BCUT2D eigenvalue weighted by atomic mass is 35.7. The number of aliphatic hydroxyl groups excluding tert-OH is 1. The zero-order valence-electron chi connectivity index (χ0n) is 39.9. The summed E-state index contributed by atoms with van der Waals surface area (Å²) in [7, 11) is 3.04. The lowest BCUT2D eigenvalue weighted by Gasteiger charge is -2.30. The number of aryl methyl sites for hydroxylation is 2. The van der Waals surface area contributed by atoms with E-state index in [9.17, 15) is 36.6 Å². The minimum Gasteiger partial charge on any atom is -0.509 e. The number of aliphatic hydroxyl groups is 1. The summed E-state index contributed by atoms with van der Waals surface area (Å²) in [6.45, 7) is 8.89. The molecule has 10 nitrogen and oxygen atoms in total. The third-order valence-corrected chi connectivity index (χ3v) is 14.3. The Labute approximate surface area is 430 Å². The van der Waals surface area contributed by atoms with Gasteiger partial charge in [-0.25, -0.2) is 8.78 Å². The summed E-state index contributed by atoms with van der Waals surface area (Å²) >= 11 is 27.1. The van der Waals surface area contributed by atoms with Crippen LogP contribution in [0.3, 0.4) is 0 Å². The van der Waals surface area contributed by atoms with Gasteiger partial charge in [0.2, 0.25) is 6.49 Å². The van der Waals surface area contributed by atoms with E-state index in [0.717, 1.165) is 50.1 Å². The Morgan fingerprint density at radius 2 is 1.11 bits per heavy atom. The van der Waals surface area contributed by atoms with Gasteiger partial charge < -0.3 is 38.8 Å². The van der Waals surface area contributed by atoms with Crippen molar-refractivity contribution in [3.05, 3.63) is 128 Å². The Kier molecular flexibility index (Phi) is 20.3. The number of methoxy groups -OCH3 is 2. The maximum absolute atomic E-state index is 13.3. The normalized spacial score (nSPS) is 19.7. The highest BCUT2D eigenvalue weighted by Gasteiger charge is 2.47. The molecule has 0 saturated carbocycles. The number of carbonyl (C=O) groups is 2. The Balaban J connectivity index is 0.000000261. The molecule has 2 amide bonds. The van der Waals surface area contributed by atoms with Crippen LogP contribution in [-0.2, 0) is 56.2 Å². The number of ether oxygens (including phenoxy) is 2. The molecule has 3 N–H and O–H groups in total. The quantitative estimate of drug-likeness (QED) is 0.0783. The van der Waals surface area contributed by atoms with Gasteiger partial charge in [-0.1, -0.05) is 94.8 Å². The fourth-order valence-electron chi connectivity index (χ4n) is 7.81. The molecule has 4 unspecified atom stereocenters. The number of benzene rings is 4. The summed E-state index contributed by atoms with van der Waals surface area (Å²) in [6, 6.07) is 22.9. The maximum atomic E-state index is 13.3. The zero-order chi connectivity index (χ0) is 52.7. The predicted octanol–water partition coefficient (Wildman–Crippen LogP) is 13.3. The molecule has 0 fully saturated rings. The molecular formula is C48H54Cl3F5N2O8P2S2. The van der Waals surface area contributed by atoms with E-state index in [-0.39, 0.29) is 36.5 Å². The lowest BCUT2D eigenvalue weighted by Crippen LogP contribution is -2.46. The summed E-state index contributed by atoms with van der Waals surface area (Å²) in [5.74, 6) is -0.401. The van der Waals surface area contributed by atoms with E-state index in [1.165, 1.54) is 20.4 Å². The van der Waals surface area contributed by atoms with Gasteiger partial charge in [0.25, 0.3) is 18.2 Å². The second kappa shape index (κ2) is 24.1. The van der Waals surface area contributed by atoms with Crippen molar-refractivity contribution in [2.24, 2.45) is 0 Å². The Morgan fingerprint density at radius 1 is 0.700 bits per heavy atom. The number of amides is 2. The van der Waals surface area contributed by atoms with Crippen LogP contribution >= 0.6 is 46.6 Å². The van der Waals surface area contributed by atoms with Crippen LogP contribution in [0, 0.1) is 27.7 Å². The van der Waals surface area contributed by atoms with Crippen molar-refractivity contribution in [1.82, 2.24) is 10.6 Å². The zero-order valence-corrected chi connectivity index (χ0v) is 45.6. The monoisotopic (exact) mass is 1110 g/mol. The van der Waals surface area contributed by atoms with Crippen LogP contribution in [0.2, 0.25) is 10.0 Å². The second-order valence-electron chi connectivity index (χ2n) is 16.9. The largest absolute Gasteiger partial charge is 0.509 e. The van der Waals surface area contributed by atoms with E-state index < -0.39 is 49.0 Å². The van der Waals surface area contributed by atoms with Crippen LogP contribution in [0.25, 0.3) is 33.4 Å². The molecule has 0 radical (unpaired) electrons. The topological polar surface area (TPSA) is 125 Å². The Morgan fingerprint density at radius 3 is 1.51 bits per heavy atom. The molecule has 0 spiro atoms. The molecule has 4 atom stereocenters. The minimum atomic E-state index is -4.34. The molecule has 2 heterocycles. The first-order valence-corrected chi connectivity index (χ1v) is 29.0. The van der Waals surface area contributed by atoms with Gasteiger partial charge in [0.05, 0.1) is 24.4 Å². The molecule has 0 bridgehead atoms. The van der Waals surface area contributed by atoms with Crippen molar-refractivity contribution >= 4 is 93.1 Å². The number of rotatable bonds is 15. The molecule has 4 aromatic carbocycles. The van der Waals surface area contributed by atoms with Gasteiger partial charge in [0.1, 0.15) is 41.4 Å². The van der Waals surface area contributed by atoms with E-state index in [1.807, 2.05) is 88.4 Å². The lowest BCUT2D eigenvalue weighted by molar-refractivity contribution is -0.151. The summed E-state index contributed by atoms with van der Waals surface area (Å²) in [5, 5.41) is 17.9. The molecule has 0 aromatic heterocycles. The average Bonchev–Trinajstić information content (AvgIpc) is 3.61. The summed E-state index contributed by atoms with van der Waals surface area (Å²) in [6.07, 6.45) is -7.02. The highest BCUT2D eigenvalue weighted by molar-refractivity contribution is 8.24. The van der Waals surface area contributed by atoms with Gasteiger partial charge in [-0.3, -0.25) is 9.59 Å². The first-order chi connectivity index (χ1) is 32.4.